The molecule has 1 aromatic rings. The highest BCUT2D eigenvalue weighted by atomic mass is 19.4. The Morgan fingerprint density at radius 1 is 1.18 bits per heavy atom. The van der Waals surface area contributed by atoms with Crippen LogP contribution in [0.4, 0.5) is 32.0 Å². The summed E-state index contributed by atoms with van der Waals surface area (Å²) in [7, 11) is 0. The number of alkyl halides is 6. The molecular weight excluding hydrogens is 318 g/mol. The van der Waals surface area contributed by atoms with Gasteiger partial charge >= 0.3 is 12.4 Å². The maximum atomic E-state index is 12.3. The van der Waals surface area contributed by atoms with E-state index in [2.05, 4.69) is 10.4 Å². The predicted octanol–water partition coefficient (Wildman–Crippen LogP) is 2.02. The molecule has 1 aromatic heterocycles. The number of nitrogens with one attached hydrogen (secondary N) is 1. The van der Waals surface area contributed by atoms with E-state index in [9.17, 15) is 31.1 Å². The van der Waals surface area contributed by atoms with Crippen LogP contribution in [0.15, 0.2) is 12.4 Å². The Bertz CT molecular complexity index is 537. The molecule has 0 aromatic carbocycles. The van der Waals surface area contributed by atoms with Crippen molar-refractivity contribution in [2.75, 3.05) is 18.4 Å². The molecule has 1 fully saturated rings. The Labute approximate surface area is 120 Å². The van der Waals surface area contributed by atoms with E-state index in [1.807, 2.05) is 0 Å². The largest absolute Gasteiger partial charge is 0.408 e. The van der Waals surface area contributed by atoms with E-state index in [1.165, 1.54) is 0 Å². The van der Waals surface area contributed by atoms with Crippen molar-refractivity contribution in [2.45, 2.75) is 31.4 Å². The summed E-state index contributed by atoms with van der Waals surface area (Å²) >= 11 is 0. The fourth-order valence-corrected chi connectivity index (χ4v) is 2.16. The van der Waals surface area contributed by atoms with Crippen molar-refractivity contribution in [1.29, 1.82) is 0 Å². The summed E-state index contributed by atoms with van der Waals surface area (Å²) in [4.78, 5) is 12.4. The quantitative estimate of drug-likeness (QED) is 0.860. The van der Waals surface area contributed by atoms with Gasteiger partial charge in [0.15, 0.2) is 0 Å². The van der Waals surface area contributed by atoms with Gasteiger partial charge in [0.2, 0.25) is 5.91 Å². The number of rotatable bonds is 4. The molecule has 0 radical (unpaired) electrons. The highest BCUT2D eigenvalue weighted by Gasteiger charge is 2.39. The zero-order valence-electron chi connectivity index (χ0n) is 11.1. The fourth-order valence-electron chi connectivity index (χ4n) is 2.16. The molecule has 1 N–H and O–H groups in total. The van der Waals surface area contributed by atoms with Crippen LogP contribution >= 0.6 is 0 Å². The van der Waals surface area contributed by atoms with Crippen molar-refractivity contribution in [1.82, 2.24) is 14.7 Å². The first-order chi connectivity index (χ1) is 10.0. The molecule has 5 nitrogen and oxygen atoms in total. The van der Waals surface area contributed by atoms with E-state index in [0.29, 0.717) is 9.58 Å². The number of anilines is 1. The summed E-state index contributed by atoms with van der Waals surface area (Å²) < 4.78 is 74.0. The number of hydrogen-bond donors (Lipinski definition) is 1. The third kappa shape index (κ3) is 4.53. The van der Waals surface area contributed by atoms with Crippen molar-refractivity contribution in [3.8, 4) is 0 Å². The first kappa shape index (κ1) is 16.4. The molecule has 2 heterocycles. The standard InChI is InChI=1S/C11H12F6N4O/c12-10(13,14)5-20-2-1-8(9(20)22)19-7-3-18-21(4-7)6-11(15,16)17/h3-4,8,19H,1-2,5-6H2/t8-/m1/s1. The molecule has 0 unspecified atom stereocenters. The molecule has 2 rings (SSSR count). The highest BCUT2D eigenvalue weighted by Crippen LogP contribution is 2.23. The molecule has 1 atom stereocenters. The Kier molecular flexibility index (Phi) is 4.25. The lowest BCUT2D eigenvalue weighted by Gasteiger charge is -2.18. The summed E-state index contributed by atoms with van der Waals surface area (Å²) in [6, 6.07) is -0.897. The van der Waals surface area contributed by atoms with Gasteiger partial charge in [-0.15, -0.1) is 0 Å². The highest BCUT2D eigenvalue weighted by molar-refractivity contribution is 5.86. The minimum Gasteiger partial charge on any atom is -0.371 e. The lowest BCUT2D eigenvalue weighted by Crippen LogP contribution is -2.39. The van der Waals surface area contributed by atoms with Crippen LogP contribution in [-0.2, 0) is 11.3 Å². The van der Waals surface area contributed by atoms with Crippen LogP contribution in [0.2, 0.25) is 0 Å². The number of amides is 1. The van der Waals surface area contributed by atoms with Gasteiger partial charge in [0, 0.05) is 12.7 Å². The van der Waals surface area contributed by atoms with Gasteiger partial charge in [-0.3, -0.25) is 9.48 Å². The van der Waals surface area contributed by atoms with Crippen LogP contribution < -0.4 is 5.32 Å². The molecular formula is C11H12F6N4O. The van der Waals surface area contributed by atoms with Crippen molar-refractivity contribution < 1.29 is 31.1 Å². The van der Waals surface area contributed by atoms with Gasteiger partial charge in [0.25, 0.3) is 0 Å². The van der Waals surface area contributed by atoms with Gasteiger partial charge in [-0.2, -0.15) is 31.4 Å². The average molecular weight is 330 g/mol. The second-order valence-corrected chi connectivity index (χ2v) is 4.90. The Hall–Kier alpha value is -1.94. The Morgan fingerprint density at radius 3 is 2.41 bits per heavy atom. The van der Waals surface area contributed by atoms with Crippen molar-refractivity contribution in [2.24, 2.45) is 0 Å². The molecule has 1 aliphatic heterocycles. The molecule has 0 aliphatic carbocycles. The molecule has 0 spiro atoms. The van der Waals surface area contributed by atoms with Crippen molar-refractivity contribution in [3.63, 3.8) is 0 Å². The van der Waals surface area contributed by atoms with Gasteiger partial charge < -0.3 is 10.2 Å². The van der Waals surface area contributed by atoms with Gasteiger partial charge in [-0.05, 0) is 6.42 Å². The van der Waals surface area contributed by atoms with E-state index in [-0.39, 0.29) is 18.7 Å². The number of likely N-dealkylation sites (tertiary alicyclic amines) is 1. The zero-order valence-corrected chi connectivity index (χ0v) is 11.1. The lowest BCUT2D eigenvalue weighted by atomic mass is 10.2. The smallest absolute Gasteiger partial charge is 0.371 e. The van der Waals surface area contributed by atoms with Gasteiger partial charge in [-0.25, -0.2) is 0 Å². The van der Waals surface area contributed by atoms with E-state index in [1.54, 1.807) is 0 Å². The molecule has 1 aliphatic rings. The zero-order chi connectivity index (χ0) is 16.5. The first-order valence-electron chi connectivity index (χ1n) is 6.25. The van der Waals surface area contributed by atoms with Gasteiger partial charge in [0.05, 0.1) is 11.9 Å². The van der Waals surface area contributed by atoms with Crippen LogP contribution in [0.1, 0.15) is 6.42 Å². The minimum absolute atomic E-state index is 0.0628. The maximum absolute atomic E-state index is 12.3. The SMILES string of the molecule is O=C1[C@H](Nc2cnn(CC(F)(F)F)c2)CCN1CC(F)(F)F. The molecule has 11 heteroatoms. The number of hydrogen-bond acceptors (Lipinski definition) is 3. The van der Waals surface area contributed by atoms with E-state index >= 15 is 0 Å². The monoisotopic (exact) mass is 330 g/mol. The number of halogens is 6. The number of carbonyl (C=O) groups excluding carboxylic acids is 1. The summed E-state index contributed by atoms with van der Waals surface area (Å²) in [5.74, 6) is -0.735. The van der Waals surface area contributed by atoms with Crippen LogP contribution in [0.5, 0.6) is 0 Å². The first-order valence-corrected chi connectivity index (χ1v) is 6.25. The van der Waals surface area contributed by atoms with Gasteiger partial charge in [0.1, 0.15) is 19.1 Å². The number of carbonyl (C=O) groups is 1. The lowest BCUT2D eigenvalue weighted by molar-refractivity contribution is -0.157. The molecule has 1 saturated heterocycles. The second kappa shape index (κ2) is 5.69. The molecule has 0 saturated carbocycles. The molecule has 1 amide bonds. The molecule has 0 bridgehead atoms. The minimum atomic E-state index is -4.48. The van der Waals surface area contributed by atoms with Gasteiger partial charge in [-0.1, -0.05) is 0 Å². The third-order valence-electron chi connectivity index (χ3n) is 2.98. The van der Waals surface area contributed by atoms with Crippen LogP contribution in [-0.4, -0.2) is 52.1 Å². The van der Waals surface area contributed by atoms with E-state index in [4.69, 9.17) is 0 Å². The van der Waals surface area contributed by atoms with Crippen LogP contribution in [0.25, 0.3) is 0 Å². The van der Waals surface area contributed by atoms with E-state index < -0.39 is 37.4 Å². The number of aromatic nitrogens is 2. The Balaban J connectivity index is 1.93. The average Bonchev–Trinajstić information content (AvgIpc) is 2.87. The summed E-state index contributed by atoms with van der Waals surface area (Å²) in [5, 5.41) is 6.08. The summed E-state index contributed by atoms with van der Waals surface area (Å²) in [6.07, 6.45) is -6.64. The molecule has 22 heavy (non-hydrogen) atoms. The number of nitrogens with zero attached hydrogens (tertiary/aromatic N) is 3. The Morgan fingerprint density at radius 2 is 1.82 bits per heavy atom. The topological polar surface area (TPSA) is 50.2 Å². The van der Waals surface area contributed by atoms with Crippen molar-refractivity contribution >= 4 is 11.6 Å². The molecule has 124 valence electrons. The van der Waals surface area contributed by atoms with Crippen LogP contribution in [0, 0.1) is 0 Å². The van der Waals surface area contributed by atoms with E-state index in [0.717, 1.165) is 12.4 Å². The second-order valence-electron chi connectivity index (χ2n) is 4.90. The van der Waals surface area contributed by atoms with Crippen molar-refractivity contribution in [3.05, 3.63) is 12.4 Å². The fraction of sp³-hybridized carbons (Fsp3) is 0.636. The third-order valence-corrected chi connectivity index (χ3v) is 2.98. The normalized spacial score (nSPS) is 19.8. The maximum Gasteiger partial charge on any atom is 0.408 e. The predicted molar refractivity (Wildman–Crippen MR) is 62.9 cm³/mol. The summed E-state index contributed by atoms with van der Waals surface area (Å²) in [6.45, 7) is -2.68. The summed E-state index contributed by atoms with van der Waals surface area (Å²) in [5.41, 5.74) is 0.149. The van der Waals surface area contributed by atoms with Crippen LogP contribution in [0.3, 0.4) is 0 Å².